The molecule has 2 heterocycles. The molecule has 0 saturated heterocycles. The number of nitrogens with one attached hydrogen (secondary N) is 1. The minimum atomic E-state index is 0.225. The van der Waals surface area contributed by atoms with Crippen molar-refractivity contribution in [3.05, 3.63) is 23.4 Å². The third kappa shape index (κ3) is 1.63. The smallest absolute Gasteiger partial charge is 0.179 e. The lowest BCUT2D eigenvalue weighted by Crippen LogP contribution is -2.15. The van der Waals surface area contributed by atoms with Gasteiger partial charge in [0.15, 0.2) is 17.3 Å². The highest BCUT2D eigenvalue weighted by molar-refractivity contribution is 6.03. The molecule has 0 atom stereocenters. The Hall–Kier alpha value is -1.97. The van der Waals surface area contributed by atoms with Crippen molar-refractivity contribution in [3.63, 3.8) is 0 Å². The number of hydrogen-bond donors (Lipinski definition) is 1. The van der Waals surface area contributed by atoms with Gasteiger partial charge in [0, 0.05) is 17.9 Å². The van der Waals surface area contributed by atoms with E-state index in [1.54, 1.807) is 0 Å². The summed E-state index contributed by atoms with van der Waals surface area (Å²) < 4.78 is 11.2. The molecule has 2 aliphatic rings. The van der Waals surface area contributed by atoms with Crippen LogP contribution in [0.4, 0.5) is 0 Å². The Labute approximate surface area is 110 Å². The Morgan fingerprint density at radius 3 is 2.58 bits per heavy atom. The average molecular weight is 257 g/mol. The Morgan fingerprint density at radius 1 is 1.00 bits per heavy atom. The number of ketones is 1. The highest BCUT2D eigenvalue weighted by atomic mass is 16.6. The van der Waals surface area contributed by atoms with Crippen molar-refractivity contribution in [2.75, 3.05) is 13.2 Å². The summed E-state index contributed by atoms with van der Waals surface area (Å²) in [4.78, 5) is 15.4. The van der Waals surface area contributed by atoms with Gasteiger partial charge in [-0.2, -0.15) is 0 Å². The molecular weight excluding hydrogens is 242 g/mol. The fourth-order valence-electron chi connectivity index (χ4n) is 3.00. The Kier molecular flexibility index (Phi) is 2.31. The zero-order valence-electron chi connectivity index (χ0n) is 10.6. The molecule has 0 amide bonds. The molecule has 1 aliphatic heterocycles. The van der Waals surface area contributed by atoms with Gasteiger partial charge in [-0.3, -0.25) is 4.79 Å². The quantitative estimate of drug-likeness (QED) is 0.738. The number of benzene rings is 1. The zero-order chi connectivity index (χ0) is 12.8. The summed E-state index contributed by atoms with van der Waals surface area (Å²) in [6, 6.07) is 3.96. The molecule has 0 saturated carbocycles. The number of H-pyrrole nitrogens is 1. The summed E-state index contributed by atoms with van der Waals surface area (Å²) in [7, 11) is 0. The predicted molar refractivity (Wildman–Crippen MR) is 71.2 cm³/mol. The van der Waals surface area contributed by atoms with Crippen molar-refractivity contribution in [1.82, 2.24) is 4.98 Å². The van der Waals surface area contributed by atoms with Gasteiger partial charge in [0.2, 0.25) is 0 Å². The van der Waals surface area contributed by atoms with Crippen molar-refractivity contribution in [2.45, 2.75) is 25.7 Å². The molecule has 0 unspecified atom stereocenters. The minimum absolute atomic E-state index is 0.225. The maximum atomic E-state index is 12.1. The van der Waals surface area contributed by atoms with Gasteiger partial charge in [0.25, 0.3) is 0 Å². The van der Waals surface area contributed by atoms with Crippen LogP contribution in [-0.4, -0.2) is 24.0 Å². The van der Waals surface area contributed by atoms with Gasteiger partial charge in [0.05, 0.1) is 11.2 Å². The van der Waals surface area contributed by atoms with E-state index in [1.165, 1.54) is 0 Å². The number of aromatic amines is 1. The minimum Gasteiger partial charge on any atom is -0.486 e. The molecule has 0 radical (unpaired) electrons. The molecule has 4 rings (SSSR count). The molecular formula is C15H15NO3. The van der Waals surface area contributed by atoms with Gasteiger partial charge >= 0.3 is 0 Å². The third-order valence-corrected chi connectivity index (χ3v) is 3.93. The summed E-state index contributed by atoms with van der Waals surface area (Å²) >= 11 is 0. The molecule has 1 aromatic heterocycles. The van der Waals surface area contributed by atoms with Crippen LogP contribution in [0.15, 0.2) is 12.1 Å². The molecule has 98 valence electrons. The number of fused-ring (bicyclic) bond motifs is 4. The Bertz CT molecular complexity index is 672. The van der Waals surface area contributed by atoms with Crippen molar-refractivity contribution >= 4 is 16.7 Å². The van der Waals surface area contributed by atoms with Crippen molar-refractivity contribution < 1.29 is 14.3 Å². The van der Waals surface area contributed by atoms with Gasteiger partial charge in [0.1, 0.15) is 13.2 Å². The molecule has 0 spiro atoms. The van der Waals surface area contributed by atoms with Gasteiger partial charge in [-0.15, -0.1) is 0 Å². The molecule has 1 N–H and O–H groups in total. The van der Waals surface area contributed by atoms with E-state index < -0.39 is 0 Å². The number of ether oxygens (including phenoxy) is 2. The number of Topliss-reactive ketones (excluding diaryl/α,β-unsaturated/α-hetero) is 1. The molecule has 2 aromatic rings. The van der Waals surface area contributed by atoms with Crippen LogP contribution in [0.3, 0.4) is 0 Å². The lowest BCUT2D eigenvalue weighted by Gasteiger charge is -2.18. The van der Waals surface area contributed by atoms with Gasteiger partial charge in [-0.25, -0.2) is 0 Å². The van der Waals surface area contributed by atoms with E-state index in [-0.39, 0.29) is 5.78 Å². The number of aryl methyl sites for hydroxylation is 1. The first-order chi connectivity index (χ1) is 9.33. The Balaban J connectivity index is 1.96. The van der Waals surface area contributed by atoms with E-state index in [9.17, 15) is 4.79 Å². The largest absolute Gasteiger partial charge is 0.486 e. The third-order valence-electron chi connectivity index (χ3n) is 3.93. The van der Waals surface area contributed by atoms with Crippen LogP contribution in [0.2, 0.25) is 0 Å². The van der Waals surface area contributed by atoms with Crippen molar-refractivity contribution in [1.29, 1.82) is 0 Å². The van der Waals surface area contributed by atoms with E-state index in [4.69, 9.17) is 9.47 Å². The fraction of sp³-hybridized carbons (Fsp3) is 0.400. The van der Waals surface area contributed by atoms with Crippen LogP contribution in [0.5, 0.6) is 11.5 Å². The number of hydrogen-bond acceptors (Lipinski definition) is 3. The van der Waals surface area contributed by atoms with E-state index in [0.29, 0.717) is 19.6 Å². The first-order valence-corrected chi connectivity index (χ1v) is 6.80. The monoisotopic (exact) mass is 257 g/mol. The standard InChI is InChI=1S/C15H15NO3/c17-12-4-2-1-3-9-10-7-13-14(19-6-5-18-13)8-11(10)16-15(9)12/h7-8,16H,1-6H2. The SMILES string of the molecule is O=C1CCCCc2c1[nH]c1cc3c(cc21)OCCO3. The van der Waals surface area contributed by atoms with Crippen LogP contribution < -0.4 is 9.47 Å². The van der Waals surface area contributed by atoms with E-state index in [0.717, 1.165) is 52.9 Å². The summed E-state index contributed by atoms with van der Waals surface area (Å²) in [5, 5.41) is 1.11. The molecule has 4 heteroatoms. The van der Waals surface area contributed by atoms with E-state index in [2.05, 4.69) is 4.98 Å². The normalized spacial score (nSPS) is 18.2. The van der Waals surface area contributed by atoms with Crippen LogP contribution in [0.25, 0.3) is 10.9 Å². The van der Waals surface area contributed by atoms with Crippen molar-refractivity contribution in [2.24, 2.45) is 0 Å². The van der Waals surface area contributed by atoms with Gasteiger partial charge in [-0.05, 0) is 30.9 Å². The number of carbonyl (C=O) groups is 1. The maximum Gasteiger partial charge on any atom is 0.179 e. The summed E-state index contributed by atoms with van der Waals surface area (Å²) in [6.07, 6.45) is 3.65. The topological polar surface area (TPSA) is 51.3 Å². The second-order valence-electron chi connectivity index (χ2n) is 5.15. The molecule has 1 aromatic carbocycles. The molecule has 1 aliphatic carbocycles. The number of carbonyl (C=O) groups excluding carboxylic acids is 1. The molecule has 0 bridgehead atoms. The highest BCUT2D eigenvalue weighted by Crippen LogP contribution is 2.38. The lowest BCUT2D eigenvalue weighted by molar-refractivity contribution is 0.0978. The first kappa shape index (κ1) is 10.9. The molecule has 4 nitrogen and oxygen atoms in total. The van der Waals surface area contributed by atoms with Gasteiger partial charge < -0.3 is 14.5 Å². The van der Waals surface area contributed by atoms with Crippen LogP contribution >= 0.6 is 0 Å². The summed E-state index contributed by atoms with van der Waals surface area (Å²) in [5.41, 5.74) is 2.91. The number of aromatic nitrogens is 1. The second-order valence-corrected chi connectivity index (χ2v) is 5.15. The van der Waals surface area contributed by atoms with Crippen LogP contribution in [-0.2, 0) is 6.42 Å². The van der Waals surface area contributed by atoms with Crippen LogP contribution in [0, 0.1) is 0 Å². The second kappa shape index (κ2) is 4.02. The Morgan fingerprint density at radius 2 is 1.74 bits per heavy atom. The van der Waals surface area contributed by atoms with Gasteiger partial charge in [-0.1, -0.05) is 0 Å². The lowest BCUT2D eigenvalue weighted by atomic mass is 10.1. The van der Waals surface area contributed by atoms with E-state index >= 15 is 0 Å². The predicted octanol–water partition coefficient (Wildman–Crippen LogP) is 2.85. The maximum absolute atomic E-state index is 12.1. The summed E-state index contributed by atoms with van der Waals surface area (Å²) in [6.45, 7) is 1.17. The zero-order valence-corrected chi connectivity index (χ0v) is 10.6. The number of rotatable bonds is 0. The fourth-order valence-corrected chi connectivity index (χ4v) is 3.00. The summed E-state index contributed by atoms with van der Waals surface area (Å²) in [5.74, 6) is 1.78. The van der Waals surface area contributed by atoms with Crippen LogP contribution in [0.1, 0.15) is 35.3 Å². The average Bonchev–Trinajstić information content (AvgIpc) is 2.68. The first-order valence-electron chi connectivity index (χ1n) is 6.80. The molecule has 19 heavy (non-hydrogen) atoms. The highest BCUT2D eigenvalue weighted by Gasteiger charge is 2.22. The van der Waals surface area contributed by atoms with E-state index in [1.807, 2.05) is 12.1 Å². The molecule has 0 fully saturated rings. The van der Waals surface area contributed by atoms with Crippen molar-refractivity contribution in [3.8, 4) is 11.5 Å².